The van der Waals surface area contributed by atoms with Crippen molar-refractivity contribution >= 4 is 17.6 Å². The zero-order valence-electron chi connectivity index (χ0n) is 9.34. The number of rotatable bonds is 4. The maximum atomic E-state index is 10.5. The summed E-state index contributed by atoms with van der Waals surface area (Å²) < 4.78 is 5.10. The number of primary amides is 1. The van der Waals surface area contributed by atoms with E-state index in [9.17, 15) is 4.79 Å². The number of urea groups is 1. The molecule has 0 aliphatic rings. The van der Waals surface area contributed by atoms with Crippen LogP contribution in [0, 0.1) is 6.92 Å². The molecule has 1 aromatic rings. The van der Waals surface area contributed by atoms with Gasteiger partial charge in [0.2, 0.25) is 0 Å². The van der Waals surface area contributed by atoms with Gasteiger partial charge in [-0.15, -0.1) is 0 Å². The molecule has 0 atom stereocenters. The lowest BCUT2D eigenvalue weighted by atomic mass is 10.1. The molecule has 1 aromatic carbocycles. The van der Waals surface area contributed by atoms with Crippen molar-refractivity contribution in [1.29, 1.82) is 0 Å². The molecule has 0 saturated carbocycles. The van der Waals surface area contributed by atoms with E-state index in [0.29, 0.717) is 23.7 Å². The fourth-order valence-electron chi connectivity index (χ4n) is 1.44. The molecular weight excluding hydrogens is 228 g/mol. The van der Waals surface area contributed by atoms with Crippen molar-refractivity contribution in [2.24, 2.45) is 5.73 Å². The highest BCUT2D eigenvalue weighted by Gasteiger charge is 2.06. The Kier molecular flexibility index (Phi) is 4.43. The minimum atomic E-state index is -0.516. The molecule has 0 heterocycles. The summed E-state index contributed by atoms with van der Waals surface area (Å²) in [7, 11) is 1.58. The lowest BCUT2D eigenvalue weighted by Gasteiger charge is -2.10. The van der Waals surface area contributed by atoms with E-state index in [-0.39, 0.29) is 0 Å². The molecule has 4 nitrogen and oxygen atoms in total. The minimum Gasteiger partial charge on any atom is -0.495 e. The average molecular weight is 243 g/mol. The van der Waals surface area contributed by atoms with E-state index in [0.717, 1.165) is 11.1 Å². The topological polar surface area (TPSA) is 64.3 Å². The Balaban J connectivity index is 2.73. The maximum Gasteiger partial charge on any atom is 0.312 e. The lowest BCUT2D eigenvalue weighted by Crippen LogP contribution is -2.31. The SMILES string of the molecule is COc1cc(C)c(CCNC(N)=O)cc1Cl. The van der Waals surface area contributed by atoms with Crippen LogP contribution in [-0.2, 0) is 6.42 Å². The molecule has 0 fully saturated rings. The van der Waals surface area contributed by atoms with E-state index >= 15 is 0 Å². The molecule has 16 heavy (non-hydrogen) atoms. The Bertz CT molecular complexity index is 394. The van der Waals surface area contributed by atoms with Crippen LogP contribution in [0.2, 0.25) is 5.02 Å². The normalized spacial score (nSPS) is 9.94. The molecule has 5 heteroatoms. The van der Waals surface area contributed by atoms with Crippen LogP contribution in [0.4, 0.5) is 4.79 Å². The summed E-state index contributed by atoms with van der Waals surface area (Å²) in [6.07, 6.45) is 0.693. The number of ether oxygens (including phenoxy) is 1. The van der Waals surface area contributed by atoms with Crippen LogP contribution in [0.25, 0.3) is 0 Å². The van der Waals surface area contributed by atoms with Gasteiger partial charge in [-0.25, -0.2) is 4.79 Å². The Morgan fingerprint density at radius 3 is 2.81 bits per heavy atom. The molecule has 2 amide bonds. The van der Waals surface area contributed by atoms with Crippen LogP contribution in [-0.4, -0.2) is 19.7 Å². The molecule has 0 aliphatic carbocycles. The fraction of sp³-hybridized carbons (Fsp3) is 0.364. The largest absolute Gasteiger partial charge is 0.495 e. The van der Waals surface area contributed by atoms with E-state index in [1.807, 2.05) is 19.1 Å². The predicted molar refractivity (Wildman–Crippen MR) is 64.0 cm³/mol. The van der Waals surface area contributed by atoms with Gasteiger partial charge in [0.25, 0.3) is 0 Å². The highest BCUT2D eigenvalue weighted by Crippen LogP contribution is 2.27. The van der Waals surface area contributed by atoms with Crippen LogP contribution in [0.5, 0.6) is 5.75 Å². The number of nitrogens with two attached hydrogens (primary N) is 1. The van der Waals surface area contributed by atoms with Crippen LogP contribution in [0.3, 0.4) is 0 Å². The lowest BCUT2D eigenvalue weighted by molar-refractivity contribution is 0.249. The second-order valence-electron chi connectivity index (χ2n) is 3.45. The van der Waals surface area contributed by atoms with Gasteiger partial charge in [-0.1, -0.05) is 11.6 Å². The first-order chi connectivity index (χ1) is 7.54. The van der Waals surface area contributed by atoms with Crippen molar-refractivity contribution in [3.63, 3.8) is 0 Å². The zero-order valence-corrected chi connectivity index (χ0v) is 10.1. The molecule has 3 N–H and O–H groups in total. The van der Waals surface area contributed by atoms with Crippen molar-refractivity contribution in [3.05, 3.63) is 28.3 Å². The number of nitrogens with one attached hydrogen (secondary N) is 1. The number of benzene rings is 1. The number of halogens is 1. The van der Waals surface area contributed by atoms with Gasteiger partial charge in [-0.05, 0) is 36.6 Å². The fourth-order valence-corrected chi connectivity index (χ4v) is 1.71. The molecule has 0 saturated heterocycles. The zero-order chi connectivity index (χ0) is 12.1. The Morgan fingerprint density at radius 2 is 2.25 bits per heavy atom. The van der Waals surface area contributed by atoms with Crippen molar-refractivity contribution in [1.82, 2.24) is 5.32 Å². The minimum absolute atomic E-state index is 0.499. The van der Waals surface area contributed by atoms with Crippen molar-refractivity contribution in [2.45, 2.75) is 13.3 Å². The molecule has 0 unspecified atom stereocenters. The second-order valence-corrected chi connectivity index (χ2v) is 3.86. The number of carbonyl (C=O) groups excluding carboxylic acids is 1. The van der Waals surface area contributed by atoms with Gasteiger partial charge >= 0.3 is 6.03 Å². The predicted octanol–water partition coefficient (Wildman–Crippen LogP) is 1.87. The van der Waals surface area contributed by atoms with Crippen molar-refractivity contribution in [2.75, 3.05) is 13.7 Å². The van der Waals surface area contributed by atoms with Gasteiger partial charge in [0.1, 0.15) is 5.75 Å². The van der Waals surface area contributed by atoms with E-state index in [1.54, 1.807) is 7.11 Å². The van der Waals surface area contributed by atoms with Crippen LogP contribution < -0.4 is 15.8 Å². The quantitative estimate of drug-likeness (QED) is 0.847. The molecule has 88 valence electrons. The molecule has 0 radical (unpaired) electrons. The van der Waals surface area contributed by atoms with Gasteiger partial charge in [0.05, 0.1) is 12.1 Å². The average Bonchev–Trinajstić information content (AvgIpc) is 2.22. The number of carbonyl (C=O) groups is 1. The van der Waals surface area contributed by atoms with Gasteiger partial charge < -0.3 is 15.8 Å². The van der Waals surface area contributed by atoms with Gasteiger partial charge in [0.15, 0.2) is 0 Å². The number of methoxy groups -OCH3 is 1. The third-order valence-electron chi connectivity index (χ3n) is 2.30. The number of amides is 2. The summed E-state index contributed by atoms with van der Waals surface area (Å²) in [6.45, 7) is 2.47. The maximum absolute atomic E-state index is 10.5. The standard InChI is InChI=1S/C11H15ClN2O2/c1-7-5-10(16-2)9(12)6-8(7)3-4-14-11(13)15/h5-6H,3-4H2,1-2H3,(H3,13,14,15). The monoisotopic (exact) mass is 242 g/mol. The van der Waals surface area contributed by atoms with E-state index < -0.39 is 6.03 Å². The third kappa shape index (κ3) is 3.31. The van der Waals surface area contributed by atoms with Gasteiger partial charge in [0, 0.05) is 6.54 Å². The molecular formula is C11H15ClN2O2. The van der Waals surface area contributed by atoms with Gasteiger partial charge in [-0.3, -0.25) is 0 Å². The smallest absolute Gasteiger partial charge is 0.312 e. The van der Waals surface area contributed by atoms with Crippen LogP contribution >= 0.6 is 11.6 Å². The Labute approximate surface area is 99.7 Å². The summed E-state index contributed by atoms with van der Waals surface area (Å²) in [5.41, 5.74) is 7.12. The first-order valence-electron chi connectivity index (χ1n) is 4.91. The number of aryl methyl sites for hydroxylation is 1. The summed E-state index contributed by atoms with van der Waals surface area (Å²) in [6, 6.07) is 3.21. The highest BCUT2D eigenvalue weighted by molar-refractivity contribution is 6.32. The second kappa shape index (κ2) is 5.61. The molecule has 1 rings (SSSR count). The molecule has 0 bridgehead atoms. The first kappa shape index (κ1) is 12.6. The first-order valence-corrected chi connectivity index (χ1v) is 5.28. The van der Waals surface area contributed by atoms with Crippen LogP contribution in [0.1, 0.15) is 11.1 Å². The van der Waals surface area contributed by atoms with E-state index in [2.05, 4.69) is 5.32 Å². The van der Waals surface area contributed by atoms with Crippen molar-refractivity contribution in [3.8, 4) is 5.75 Å². The summed E-state index contributed by atoms with van der Waals surface area (Å²) in [4.78, 5) is 10.5. The number of hydrogen-bond acceptors (Lipinski definition) is 2. The van der Waals surface area contributed by atoms with E-state index in [4.69, 9.17) is 22.1 Å². The summed E-state index contributed by atoms with van der Waals surface area (Å²) in [5.74, 6) is 0.658. The summed E-state index contributed by atoms with van der Waals surface area (Å²) in [5, 5.41) is 3.11. The third-order valence-corrected chi connectivity index (χ3v) is 2.60. The molecule has 0 spiro atoms. The summed E-state index contributed by atoms with van der Waals surface area (Å²) >= 11 is 6.01. The highest BCUT2D eigenvalue weighted by atomic mass is 35.5. The Hall–Kier alpha value is -1.42. The van der Waals surface area contributed by atoms with Gasteiger partial charge in [-0.2, -0.15) is 0 Å². The number of hydrogen-bond donors (Lipinski definition) is 2. The molecule has 0 aromatic heterocycles. The van der Waals surface area contributed by atoms with E-state index in [1.165, 1.54) is 0 Å². The molecule has 0 aliphatic heterocycles. The van der Waals surface area contributed by atoms with Crippen molar-refractivity contribution < 1.29 is 9.53 Å². The van der Waals surface area contributed by atoms with Crippen LogP contribution in [0.15, 0.2) is 12.1 Å². The Morgan fingerprint density at radius 1 is 1.56 bits per heavy atom.